The summed E-state index contributed by atoms with van der Waals surface area (Å²) in [5.74, 6) is -0.125. The molecule has 2 aromatic rings. The topological polar surface area (TPSA) is 63.4 Å². The highest BCUT2D eigenvalue weighted by Gasteiger charge is 2.45. The number of hydrogen-bond acceptors (Lipinski definition) is 2. The molecule has 1 fully saturated rings. The van der Waals surface area contributed by atoms with Crippen LogP contribution in [0.15, 0.2) is 48.5 Å². The lowest BCUT2D eigenvalue weighted by Gasteiger charge is -2.28. The van der Waals surface area contributed by atoms with Crippen molar-refractivity contribution in [2.45, 2.75) is 46.5 Å². The molecule has 2 aromatic carbocycles. The molecule has 2 N–H and O–H groups in total. The van der Waals surface area contributed by atoms with Crippen LogP contribution in [0.3, 0.4) is 0 Å². The molecule has 4 heteroatoms. The zero-order chi connectivity index (χ0) is 21.0. The van der Waals surface area contributed by atoms with Crippen LogP contribution in [0.5, 0.6) is 0 Å². The molecular weight excluding hydrogens is 360 g/mol. The van der Waals surface area contributed by atoms with Gasteiger partial charge < -0.3 is 10.6 Å². The van der Waals surface area contributed by atoms with Gasteiger partial charge in [0, 0.05) is 19.0 Å². The third kappa shape index (κ3) is 4.36. The summed E-state index contributed by atoms with van der Waals surface area (Å²) in [5, 5.41) is 0. The number of carbonyl (C=O) groups excluding carboxylic acids is 2. The lowest BCUT2D eigenvalue weighted by molar-refractivity contribution is -0.135. The Morgan fingerprint density at radius 3 is 2.48 bits per heavy atom. The van der Waals surface area contributed by atoms with Crippen molar-refractivity contribution >= 4 is 11.8 Å². The SMILES string of the molecule is CCC(CC)C(=O)N1CCC(Cc2ccccc2-c2cccc(C)c2)(C(N)=O)C1. The molecule has 154 valence electrons. The minimum absolute atomic E-state index is 0.0262. The van der Waals surface area contributed by atoms with Crippen molar-refractivity contribution < 1.29 is 9.59 Å². The summed E-state index contributed by atoms with van der Waals surface area (Å²) in [6, 6.07) is 16.6. The fourth-order valence-electron chi connectivity index (χ4n) is 4.52. The summed E-state index contributed by atoms with van der Waals surface area (Å²) in [5.41, 5.74) is 9.79. The molecule has 1 heterocycles. The minimum Gasteiger partial charge on any atom is -0.369 e. The van der Waals surface area contributed by atoms with E-state index in [2.05, 4.69) is 43.3 Å². The van der Waals surface area contributed by atoms with Crippen LogP contribution >= 0.6 is 0 Å². The van der Waals surface area contributed by atoms with Crippen molar-refractivity contribution in [3.63, 3.8) is 0 Å². The molecule has 1 aliphatic rings. The van der Waals surface area contributed by atoms with Crippen LogP contribution in [-0.4, -0.2) is 29.8 Å². The van der Waals surface area contributed by atoms with E-state index in [4.69, 9.17) is 5.73 Å². The van der Waals surface area contributed by atoms with Crippen molar-refractivity contribution in [2.75, 3.05) is 13.1 Å². The molecule has 0 saturated carbocycles. The summed E-state index contributed by atoms with van der Waals surface area (Å²) in [6.07, 6.45) is 2.83. The van der Waals surface area contributed by atoms with Gasteiger partial charge in [0.2, 0.25) is 11.8 Å². The molecule has 1 saturated heterocycles. The van der Waals surface area contributed by atoms with Crippen molar-refractivity contribution in [3.05, 3.63) is 59.7 Å². The Morgan fingerprint density at radius 2 is 1.83 bits per heavy atom. The number of carbonyl (C=O) groups is 2. The standard InChI is InChI=1S/C25H32N2O2/c1-4-19(5-2)23(28)27-14-13-25(17-27,24(26)29)16-21-10-6-7-12-22(21)20-11-8-9-18(3)15-20/h6-12,15,19H,4-5,13-14,16-17H2,1-3H3,(H2,26,29). The molecule has 3 rings (SSSR count). The Balaban J connectivity index is 1.90. The van der Waals surface area contributed by atoms with E-state index >= 15 is 0 Å². The first kappa shape index (κ1) is 21.1. The van der Waals surface area contributed by atoms with Crippen LogP contribution in [-0.2, 0) is 16.0 Å². The monoisotopic (exact) mass is 392 g/mol. The number of hydrogen-bond donors (Lipinski definition) is 1. The van der Waals surface area contributed by atoms with Gasteiger partial charge in [-0.2, -0.15) is 0 Å². The van der Waals surface area contributed by atoms with E-state index in [-0.39, 0.29) is 17.7 Å². The van der Waals surface area contributed by atoms with Gasteiger partial charge in [0.1, 0.15) is 0 Å². The van der Waals surface area contributed by atoms with Crippen LogP contribution in [0, 0.1) is 18.3 Å². The minimum atomic E-state index is -0.707. The van der Waals surface area contributed by atoms with E-state index < -0.39 is 5.41 Å². The summed E-state index contributed by atoms with van der Waals surface area (Å²) in [6.45, 7) is 7.18. The summed E-state index contributed by atoms with van der Waals surface area (Å²) in [4.78, 5) is 27.3. The lowest BCUT2D eigenvalue weighted by atomic mass is 9.78. The first-order chi connectivity index (χ1) is 13.9. The van der Waals surface area contributed by atoms with Crippen LogP contribution < -0.4 is 5.73 Å². The second-order valence-corrected chi connectivity index (χ2v) is 8.37. The number of rotatable bonds is 7. The Hall–Kier alpha value is -2.62. The quantitative estimate of drug-likeness (QED) is 0.762. The van der Waals surface area contributed by atoms with Crippen molar-refractivity contribution in [1.82, 2.24) is 4.90 Å². The highest BCUT2D eigenvalue weighted by atomic mass is 16.2. The third-order valence-corrected chi connectivity index (χ3v) is 6.40. The number of nitrogens with zero attached hydrogens (tertiary/aromatic N) is 1. The normalized spacial score (nSPS) is 19.0. The fraction of sp³-hybridized carbons (Fsp3) is 0.440. The van der Waals surface area contributed by atoms with Gasteiger partial charge in [-0.05, 0) is 49.3 Å². The highest BCUT2D eigenvalue weighted by molar-refractivity contribution is 5.85. The number of amides is 2. The molecule has 0 spiro atoms. The average Bonchev–Trinajstić information content (AvgIpc) is 3.15. The number of likely N-dealkylation sites (tertiary alicyclic amines) is 1. The van der Waals surface area contributed by atoms with Crippen molar-refractivity contribution in [3.8, 4) is 11.1 Å². The molecule has 1 atom stereocenters. The Labute approximate surface area is 174 Å². The first-order valence-corrected chi connectivity index (χ1v) is 10.6. The molecule has 1 aliphatic heterocycles. The summed E-state index contributed by atoms with van der Waals surface area (Å²) < 4.78 is 0. The maximum atomic E-state index is 12.9. The summed E-state index contributed by atoms with van der Waals surface area (Å²) in [7, 11) is 0. The van der Waals surface area contributed by atoms with E-state index in [0.717, 1.165) is 29.5 Å². The second-order valence-electron chi connectivity index (χ2n) is 8.37. The molecule has 1 unspecified atom stereocenters. The van der Waals surface area contributed by atoms with Gasteiger partial charge in [-0.25, -0.2) is 0 Å². The summed E-state index contributed by atoms with van der Waals surface area (Å²) >= 11 is 0. The van der Waals surface area contributed by atoms with Gasteiger partial charge in [-0.15, -0.1) is 0 Å². The van der Waals surface area contributed by atoms with E-state index in [1.165, 1.54) is 5.56 Å². The second kappa shape index (κ2) is 8.81. The van der Waals surface area contributed by atoms with Crippen LogP contribution in [0.1, 0.15) is 44.2 Å². The molecule has 2 amide bonds. The van der Waals surface area contributed by atoms with Crippen LogP contribution in [0.2, 0.25) is 0 Å². The fourth-order valence-corrected chi connectivity index (χ4v) is 4.52. The largest absolute Gasteiger partial charge is 0.369 e. The number of primary amides is 1. The highest BCUT2D eigenvalue weighted by Crippen LogP contribution is 2.38. The average molecular weight is 393 g/mol. The van der Waals surface area contributed by atoms with Gasteiger partial charge in [0.05, 0.1) is 5.41 Å². The zero-order valence-corrected chi connectivity index (χ0v) is 17.8. The number of benzene rings is 2. The van der Waals surface area contributed by atoms with E-state index in [1.54, 1.807) is 0 Å². The maximum Gasteiger partial charge on any atom is 0.225 e. The zero-order valence-electron chi connectivity index (χ0n) is 17.8. The molecule has 29 heavy (non-hydrogen) atoms. The predicted molar refractivity (Wildman–Crippen MR) is 117 cm³/mol. The molecule has 0 radical (unpaired) electrons. The van der Waals surface area contributed by atoms with Crippen LogP contribution in [0.4, 0.5) is 0 Å². The predicted octanol–water partition coefficient (Wildman–Crippen LogP) is 4.34. The van der Waals surface area contributed by atoms with E-state index in [1.807, 2.05) is 30.9 Å². The van der Waals surface area contributed by atoms with Gasteiger partial charge >= 0.3 is 0 Å². The maximum absolute atomic E-state index is 12.9. The lowest BCUT2D eigenvalue weighted by Crippen LogP contribution is -2.43. The number of nitrogens with two attached hydrogens (primary N) is 1. The smallest absolute Gasteiger partial charge is 0.225 e. The molecule has 0 aromatic heterocycles. The van der Waals surface area contributed by atoms with E-state index in [0.29, 0.717) is 25.9 Å². The molecule has 4 nitrogen and oxygen atoms in total. The van der Waals surface area contributed by atoms with E-state index in [9.17, 15) is 9.59 Å². The van der Waals surface area contributed by atoms with Crippen LogP contribution in [0.25, 0.3) is 11.1 Å². The molecule has 0 aliphatic carbocycles. The third-order valence-electron chi connectivity index (χ3n) is 6.40. The Morgan fingerprint density at radius 1 is 1.10 bits per heavy atom. The first-order valence-electron chi connectivity index (χ1n) is 10.6. The van der Waals surface area contributed by atoms with Gasteiger partial charge in [0.15, 0.2) is 0 Å². The van der Waals surface area contributed by atoms with Crippen molar-refractivity contribution in [2.24, 2.45) is 17.1 Å². The van der Waals surface area contributed by atoms with Gasteiger partial charge in [-0.3, -0.25) is 9.59 Å². The molecular formula is C25H32N2O2. The van der Waals surface area contributed by atoms with Gasteiger partial charge in [-0.1, -0.05) is 67.9 Å². The molecule has 0 bridgehead atoms. The van der Waals surface area contributed by atoms with Crippen molar-refractivity contribution in [1.29, 1.82) is 0 Å². The number of aryl methyl sites for hydroxylation is 1. The Kier molecular flexibility index (Phi) is 6.41. The van der Waals surface area contributed by atoms with Gasteiger partial charge in [0.25, 0.3) is 0 Å². The Bertz CT molecular complexity index is 888.